The van der Waals surface area contributed by atoms with Gasteiger partial charge in [0.05, 0.1) is 5.25 Å². The van der Waals surface area contributed by atoms with Gasteiger partial charge in [0, 0.05) is 6.20 Å². The second kappa shape index (κ2) is 6.32. The first-order valence-electron chi connectivity index (χ1n) is 7.16. The number of rotatable bonds is 3. The summed E-state index contributed by atoms with van der Waals surface area (Å²) in [5, 5.41) is 3.35. The van der Waals surface area contributed by atoms with E-state index in [1.807, 2.05) is 31.2 Å². The monoisotopic (exact) mass is 311 g/mol. The van der Waals surface area contributed by atoms with E-state index in [9.17, 15) is 4.79 Å². The summed E-state index contributed by atoms with van der Waals surface area (Å²) in [6.07, 6.45) is 2.42. The summed E-state index contributed by atoms with van der Waals surface area (Å²) in [6, 6.07) is 12.0. The summed E-state index contributed by atoms with van der Waals surface area (Å²) < 4.78 is 0. The number of hydrogen-bond donors (Lipinski definition) is 1. The maximum Gasteiger partial charge on any atom is 0.239 e. The van der Waals surface area contributed by atoms with Crippen molar-refractivity contribution in [2.24, 2.45) is 4.99 Å². The van der Waals surface area contributed by atoms with Gasteiger partial charge in [-0.1, -0.05) is 42.1 Å². The second-order valence-corrected chi connectivity index (χ2v) is 6.48. The van der Waals surface area contributed by atoms with Gasteiger partial charge in [0.2, 0.25) is 5.91 Å². The minimum Gasteiger partial charge on any atom is -0.304 e. The van der Waals surface area contributed by atoms with E-state index in [1.165, 1.54) is 22.9 Å². The molecule has 22 heavy (non-hydrogen) atoms. The van der Waals surface area contributed by atoms with Crippen LogP contribution < -0.4 is 5.32 Å². The van der Waals surface area contributed by atoms with Crippen LogP contribution in [0.25, 0.3) is 0 Å². The number of aromatic nitrogens is 1. The number of benzene rings is 1. The fraction of sp³-hybridized carbons (Fsp3) is 0.235. The summed E-state index contributed by atoms with van der Waals surface area (Å²) in [5.74, 6) is 0.669. The number of amidine groups is 1. The van der Waals surface area contributed by atoms with Crippen LogP contribution in [-0.2, 0) is 11.2 Å². The van der Waals surface area contributed by atoms with Gasteiger partial charge in [-0.25, -0.2) is 9.98 Å². The SMILES string of the molecule is Cc1ccccc1CC1S/C(=N\c2ncccc2C)NC1=O. The minimum absolute atomic E-state index is 0.0144. The van der Waals surface area contributed by atoms with Gasteiger partial charge >= 0.3 is 0 Å². The van der Waals surface area contributed by atoms with Crippen molar-refractivity contribution < 1.29 is 4.79 Å². The van der Waals surface area contributed by atoms with Crippen LogP contribution in [0.1, 0.15) is 16.7 Å². The summed E-state index contributed by atoms with van der Waals surface area (Å²) in [5.41, 5.74) is 3.40. The van der Waals surface area contributed by atoms with Gasteiger partial charge in [0.15, 0.2) is 11.0 Å². The molecule has 0 aliphatic carbocycles. The molecular formula is C17H17N3OS. The molecule has 112 valence electrons. The molecule has 0 bridgehead atoms. The van der Waals surface area contributed by atoms with E-state index in [0.29, 0.717) is 17.4 Å². The highest BCUT2D eigenvalue weighted by atomic mass is 32.2. The summed E-state index contributed by atoms with van der Waals surface area (Å²) >= 11 is 1.48. The number of aliphatic imine (C=N–C) groups is 1. The molecule has 5 heteroatoms. The molecule has 1 unspecified atom stereocenters. The van der Waals surface area contributed by atoms with E-state index in [-0.39, 0.29) is 11.2 Å². The Morgan fingerprint density at radius 3 is 2.73 bits per heavy atom. The highest BCUT2D eigenvalue weighted by Crippen LogP contribution is 2.26. The number of carbonyl (C=O) groups excluding carboxylic acids is 1. The number of hydrogen-bond acceptors (Lipinski definition) is 4. The van der Waals surface area contributed by atoms with Crippen LogP contribution in [0.3, 0.4) is 0 Å². The number of aryl methyl sites for hydroxylation is 2. The van der Waals surface area contributed by atoms with Crippen molar-refractivity contribution in [3.8, 4) is 0 Å². The summed E-state index contributed by atoms with van der Waals surface area (Å²) in [4.78, 5) is 20.8. The van der Waals surface area contributed by atoms with Crippen LogP contribution in [0, 0.1) is 13.8 Å². The molecule has 2 heterocycles. The number of amides is 1. The Balaban J connectivity index is 1.76. The number of carbonyl (C=O) groups is 1. The third-order valence-corrected chi connectivity index (χ3v) is 4.71. The van der Waals surface area contributed by atoms with Crippen LogP contribution in [-0.4, -0.2) is 21.3 Å². The van der Waals surface area contributed by atoms with Gasteiger partial charge in [-0.05, 0) is 43.0 Å². The molecule has 1 fully saturated rings. The zero-order valence-electron chi connectivity index (χ0n) is 12.5. The lowest BCUT2D eigenvalue weighted by Gasteiger charge is -2.08. The molecule has 1 atom stereocenters. The lowest BCUT2D eigenvalue weighted by atomic mass is 10.0. The quantitative estimate of drug-likeness (QED) is 0.947. The Bertz CT molecular complexity index is 742. The van der Waals surface area contributed by atoms with Crippen molar-refractivity contribution in [2.75, 3.05) is 0 Å². The molecule has 2 aromatic rings. The van der Waals surface area contributed by atoms with E-state index in [4.69, 9.17) is 0 Å². The van der Waals surface area contributed by atoms with Crippen LogP contribution in [0.5, 0.6) is 0 Å². The summed E-state index contributed by atoms with van der Waals surface area (Å²) in [6.45, 7) is 4.03. The summed E-state index contributed by atoms with van der Waals surface area (Å²) in [7, 11) is 0. The Hall–Kier alpha value is -2.14. The molecule has 1 aromatic heterocycles. The van der Waals surface area contributed by atoms with Crippen molar-refractivity contribution in [2.45, 2.75) is 25.5 Å². The first-order chi connectivity index (χ1) is 10.6. The molecule has 1 saturated heterocycles. The average molecular weight is 311 g/mol. The highest BCUT2D eigenvalue weighted by molar-refractivity contribution is 8.15. The first-order valence-corrected chi connectivity index (χ1v) is 8.04. The molecule has 1 aliphatic heterocycles. The smallest absolute Gasteiger partial charge is 0.239 e. The Morgan fingerprint density at radius 1 is 1.18 bits per heavy atom. The van der Waals surface area contributed by atoms with Crippen molar-refractivity contribution in [1.29, 1.82) is 0 Å². The third kappa shape index (κ3) is 3.20. The van der Waals surface area contributed by atoms with Crippen LogP contribution >= 0.6 is 11.8 Å². The second-order valence-electron chi connectivity index (χ2n) is 5.29. The Morgan fingerprint density at radius 2 is 1.95 bits per heavy atom. The molecule has 0 saturated carbocycles. The zero-order chi connectivity index (χ0) is 15.5. The number of nitrogens with zero attached hydrogens (tertiary/aromatic N) is 2. The van der Waals surface area contributed by atoms with Crippen LogP contribution in [0.2, 0.25) is 0 Å². The molecule has 1 amide bonds. The van der Waals surface area contributed by atoms with Gasteiger partial charge in [-0.15, -0.1) is 0 Å². The molecule has 1 aliphatic rings. The van der Waals surface area contributed by atoms with Crippen molar-refractivity contribution in [3.05, 3.63) is 59.3 Å². The average Bonchev–Trinajstić information content (AvgIpc) is 2.84. The van der Waals surface area contributed by atoms with Gasteiger partial charge in [-0.3, -0.25) is 4.79 Å². The van der Waals surface area contributed by atoms with Crippen molar-refractivity contribution >= 4 is 28.7 Å². The van der Waals surface area contributed by atoms with E-state index < -0.39 is 0 Å². The standard InChI is InChI=1S/C17H17N3OS/c1-11-6-3-4-8-13(11)10-14-16(21)20-17(22-14)19-15-12(2)7-5-9-18-15/h3-9,14H,10H2,1-2H3,(H,18,19,20,21). The van der Waals surface area contributed by atoms with Crippen LogP contribution in [0.4, 0.5) is 5.82 Å². The van der Waals surface area contributed by atoms with E-state index in [0.717, 1.165) is 5.56 Å². The number of pyridine rings is 1. The molecule has 0 spiro atoms. The highest BCUT2D eigenvalue weighted by Gasteiger charge is 2.30. The first kappa shape index (κ1) is 14.8. The zero-order valence-corrected chi connectivity index (χ0v) is 13.4. The molecule has 1 aromatic carbocycles. The Kier molecular flexibility index (Phi) is 4.24. The Labute approximate surface area is 134 Å². The largest absolute Gasteiger partial charge is 0.304 e. The lowest BCUT2D eigenvalue weighted by Crippen LogP contribution is -2.26. The minimum atomic E-state index is -0.135. The van der Waals surface area contributed by atoms with Gasteiger partial charge in [-0.2, -0.15) is 0 Å². The molecule has 4 nitrogen and oxygen atoms in total. The van der Waals surface area contributed by atoms with E-state index in [2.05, 4.69) is 34.3 Å². The van der Waals surface area contributed by atoms with Gasteiger partial charge in [0.25, 0.3) is 0 Å². The van der Waals surface area contributed by atoms with Crippen molar-refractivity contribution in [3.63, 3.8) is 0 Å². The van der Waals surface area contributed by atoms with Crippen molar-refractivity contribution in [1.82, 2.24) is 10.3 Å². The number of thioether (sulfide) groups is 1. The molecule has 1 N–H and O–H groups in total. The fourth-order valence-corrected chi connectivity index (χ4v) is 3.32. The topological polar surface area (TPSA) is 54.4 Å². The van der Waals surface area contributed by atoms with E-state index >= 15 is 0 Å². The number of nitrogens with one attached hydrogen (secondary N) is 1. The lowest BCUT2D eigenvalue weighted by molar-refractivity contribution is -0.118. The maximum atomic E-state index is 12.1. The van der Waals surface area contributed by atoms with Crippen LogP contribution in [0.15, 0.2) is 47.6 Å². The normalized spacial score (nSPS) is 19.5. The van der Waals surface area contributed by atoms with E-state index in [1.54, 1.807) is 6.20 Å². The predicted molar refractivity (Wildman–Crippen MR) is 90.5 cm³/mol. The molecule has 3 rings (SSSR count). The molecular weight excluding hydrogens is 294 g/mol. The third-order valence-electron chi connectivity index (χ3n) is 3.63. The molecule has 0 radical (unpaired) electrons. The van der Waals surface area contributed by atoms with Gasteiger partial charge < -0.3 is 5.32 Å². The fourth-order valence-electron chi connectivity index (χ4n) is 2.32. The predicted octanol–water partition coefficient (Wildman–Crippen LogP) is 3.16. The maximum absolute atomic E-state index is 12.1. The van der Waals surface area contributed by atoms with Gasteiger partial charge in [0.1, 0.15) is 0 Å².